The Morgan fingerprint density at radius 2 is 2.27 bits per heavy atom. The van der Waals surface area contributed by atoms with Crippen LogP contribution in [0.3, 0.4) is 0 Å². The van der Waals surface area contributed by atoms with Gasteiger partial charge in [-0.05, 0) is 37.1 Å². The Morgan fingerprint density at radius 1 is 1.45 bits per heavy atom. The minimum Gasteiger partial charge on any atom is -0.449 e. The number of nitrogens with one attached hydrogen (secondary N) is 2. The van der Waals surface area contributed by atoms with Crippen molar-refractivity contribution in [3.63, 3.8) is 0 Å². The van der Waals surface area contributed by atoms with Gasteiger partial charge in [0.05, 0.1) is 6.61 Å². The Bertz CT molecular complexity index is 535. The number of aliphatic hydroxyl groups is 1. The maximum absolute atomic E-state index is 11.5. The third-order valence-corrected chi connectivity index (χ3v) is 3.16. The molecule has 0 saturated heterocycles. The van der Waals surface area contributed by atoms with Gasteiger partial charge in [0, 0.05) is 37.4 Å². The number of anilines is 2. The molecule has 22 heavy (non-hydrogen) atoms. The van der Waals surface area contributed by atoms with Gasteiger partial charge < -0.3 is 15.2 Å². The summed E-state index contributed by atoms with van der Waals surface area (Å²) in [6.45, 7) is 3.08. The molecule has 122 valence electrons. The van der Waals surface area contributed by atoms with Crippen LogP contribution in [0, 0.1) is 6.92 Å². The lowest BCUT2D eigenvalue weighted by Crippen LogP contribution is -2.15. The van der Waals surface area contributed by atoms with E-state index < -0.39 is 6.09 Å². The average Bonchev–Trinajstić information content (AvgIpc) is 2.95. The van der Waals surface area contributed by atoms with Crippen molar-refractivity contribution in [3.05, 3.63) is 23.8 Å². The van der Waals surface area contributed by atoms with Gasteiger partial charge in [0.2, 0.25) is 0 Å². The van der Waals surface area contributed by atoms with E-state index in [4.69, 9.17) is 9.84 Å². The number of hydrogen-bond donors (Lipinski definition) is 3. The van der Waals surface area contributed by atoms with Crippen molar-refractivity contribution in [1.82, 2.24) is 0 Å². The van der Waals surface area contributed by atoms with E-state index in [1.807, 2.05) is 25.1 Å². The molecule has 0 atom stereocenters. The van der Waals surface area contributed by atoms with E-state index in [1.165, 1.54) is 0 Å². The number of rotatable bonds is 5. The Morgan fingerprint density at radius 3 is 2.91 bits per heavy atom. The highest BCUT2D eigenvalue weighted by molar-refractivity contribution is 5.97. The maximum atomic E-state index is 11.5. The zero-order chi connectivity index (χ0) is 15.1. The Labute approximate surface area is 136 Å². The molecule has 0 fully saturated rings. The molecular weight excluding hydrogens is 306 g/mol. The molecule has 3 N–H and O–H groups in total. The van der Waals surface area contributed by atoms with Crippen LogP contribution in [0.4, 0.5) is 16.2 Å². The number of hydrogen-bond acceptors (Lipinski definition) is 5. The van der Waals surface area contributed by atoms with Crippen LogP contribution in [-0.2, 0) is 4.74 Å². The molecule has 1 heterocycles. The third-order valence-electron chi connectivity index (χ3n) is 3.16. The molecule has 6 nitrogen and oxygen atoms in total. The molecular formula is C15H22ClN3O3. The highest BCUT2D eigenvalue weighted by atomic mass is 35.5. The molecule has 0 radical (unpaired) electrons. The minimum atomic E-state index is -0.510. The number of carbonyl (C=O) groups excluding carboxylic acids is 1. The second-order valence-corrected chi connectivity index (χ2v) is 4.92. The van der Waals surface area contributed by atoms with Crippen molar-refractivity contribution in [1.29, 1.82) is 0 Å². The van der Waals surface area contributed by atoms with Gasteiger partial charge in [-0.3, -0.25) is 10.3 Å². The average molecular weight is 328 g/mol. The largest absolute Gasteiger partial charge is 0.449 e. The monoisotopic (exact) mass is 327 g/mol. The van der Waals surface area contributed by atoms with Gasteiger partial charge in [-0.25, -0.2) is 4.79 Å². The first-order chi connectivity index (χ1) is 10.2. The predicted molar refractivity (Wildman–Crippen MR) is 90.3 cm³/mol. The number of carbonyl (C=O) groups is 1. The summed E-state index contributed by atoms with van der Waals surface area (Å²) in [5.74, 6) is 1.02. The van der Waals surface area contributed by atoms with Gasteiger partial charge in [-0.1, -0.05) is 0 Å². The van der Waals surface area contributed by atoms with E-state index in [1.54, 1.807) is 0 Å². The topological polar surface area (TPSA) is 83.0 Å². The van der Waals surface area contributed by atoms with Crippen molar-refractivity contribution in [2.45, 2.75) is 26.2 Å². The lowest BCUT2D eigenvalue weighted by atomic mass is 10.1. The van der Waals surface area contributed by atoms with Crippen LogP contribution in [0.2, 0.25) is 0 Å². The molecule has 1 aliphatic heterocycles. The SMILES string of the molecule is Cc1cc(NC(=O)OCCCO)ccc1NC1=NCCC1.Cl. The van der Waals surface area contributed by atoms with Gasteiger partial charge in [-0.2, -0.15) is 0 Å². The summed E-state index contributed by atoms with van der Waals surface area (Å²) >= 11 is 0. The number of amidine groups is 1. The minimum absolute atomic E-state index is 0. The van der Waals surface area contributed by atoms with Crippen LogP contribution >= 0.6 is 12.4 Å². The Kier molecular flexibility index (Phi) is 7.70. The lowest BCUT2D eigenvalue weighted by molar-refractivity contribution is 0.149. The Balaban J connectivity index is 0.00000242. The summed E-state index contributed by atoms with van der Waals surface area (Å²) in [4.78, 5) is 15.9. The van der Waals surface area contributed by atoms with Crippen LogP contribution in [0.25, 0.3) is 0 Å². The second-order valence-electron chi connectivity index (χ2n) is 4.92. The van der Waals surface area contributed by atoms with Crippen molar-refractivity contribution >= 4 is 35.7 Å². The fourth-order valence-electron chi connectivity index (χ4n) is 2.06. The van der Waals surface area contributed by atoms with Crippen molar-refractivity contribution in [3.8, 4) is 0 Å². The summed E-state index contributed by atoms with van der Waals surface area (Å²) < 4.78 is 4.92. The first kappa shape index (κ1) is 18.3. The molecule has 1 aromatic carbocycles. The smallest absolute Gasteiger partial charge is 0.411 e. The van der Waals surface area contributed by atoms with E-state index >= 15 is 0 Å². The molecule has 0 unspecified atom stereocenters. The molecule has 0 bridgehead atoms. The van der Waals surface area contributed by atoms with Gasteiger partial charge in [0.1, 0.15) is 5.84 Å². The predicted octanol–water partition coefficient (Wildman–Crippen LogP) is 2.95. The summed E-state index contributed by atoms with van der Waals surface area (Å²) in [7, 11) is 0. The standard InChI is InChI=1S/C15H21N3O3.ClH/c1-11-10-12(17-15(20)21-9-3-8-19)5-6-13(11)18-14-4-2-7-16-14;/h5-6,10,19H,2-4,7-9H2,1H3,(H,16,18)(H,17,20);1H. The number of ether oxygens (including phenoxy) is 1. The van der Waals surface area contributed by atoms with Crippen LogP contribution in [-0.4, -0.2) is 36.8 Å². The fourth-order valence-corrected chi connectivity index (χ4v) is 2.06. The summed E-state index contributed by atoms with van der Waals surface area (Å²) in [5, 5.41) is 14.6. The molecule has 0 aliphatic carbocycles. The molecule has 7 heteroatoms. The van der Waals surface area contributed by atoms with E-state index in [-0.39, 0.29) is 25.6 Å². The number of benzene rings is 1. The van der Waals surface area contributed by atoms with Crippen LogP contribution in [0.1, 0.15) is 24.8 Å². The van der Waals surface area contributed by atoms with Crippen molar-refractivity contribution < 1.29 is 14.6 Å². The number of aliphatic hydroxyl groups excluding tert-OH is 1. The number of amides is 1. The van der Waals surface area contributed by atoms with Crippen LogP contribution in [0.5, 0.6) is 0 Å². The molecule has 0 saturated carbocycles. The second kappa shape index (κ2) is 9.27. The van der Waals surface area contributed by atoms with E-state index in [9.17, 15) is 4.79 Å². The molecule has 1 aliphatic rings. The molecule has 0 aromatic heterocycles. The highest BCUT2D eigenvalue weighted by Crippen LogP contribution is 2.21. The number of aryl methyl sites for hydroxylation is 1. The molecule has 1 amide bonds. The van der Waals surface area contributed by atoms with Gasteiger partial charge >= 0.3 is 6.09 Å². The Hall–Kier alpha value is -1.79. The first-order valence-electron chi connectivity index (χ1n) is 7.14. The summed E-state index contributed by atoms with van der Waals surface area (Å²) in [6.07, 6.45) is 2.01. The normalized spacial score (nSPS) is 13.1. The number of halogens is 1. The number of nitrogens with zero attached hydrogens (tertiary/aromatic N) is 1. The van der Waals surface area contributed by atoms with Crippen molar-refractivity contribution in [2.75, 3.05) is 30.4 Å². The van der Waals surface area contributed by atoms with Gasteiger partial charge in [0.25, 0.3) is 0 Å². The zero-order valence-corrected chi connectivity index (χ0v) is 13.4. The maximum Gasteiger partial charge on any atom is 0.411 e. The van der Waals surface area contributed by atoms with Gasteiger partial charge in [-0.15, -0.1) is 12.4 Å². The highest BCUT2D eigenvalue weighted by Gasteiger charge is 2.09. The number of aliphatic imine (C=N–C) groups is 1. The van der Waals surface area contributed by atoms with Crippen LogP contribution < -0.4 is 10.6 Å². The quantitative estimate of drug-likeness (QED) is 0.726. The summed E-state index contributed by atoms with van der Waals surface area (Å²) in [6, 6.07) is 5.61. The fraction of sp³-hybridized carbons (Fsp3) is 0.467. The van der Waals surface area contributed by atoms with Crippen LogP contribution in [0.15, 0.2) is 23.2 Å². The molecule has 2 rings (SSSR count). The van der Waals surface area contributed by atoms with Crippen molar-refractivity contribution in [2.24, 2.45) is 4.99 Å². The molecule has 1 aromatic rings. The molecule has 0 spiro atoms. The van der Waals surface area contributed by atoms with E-state index in [0.717, 1.165) is 36.5 Å². The third kappa shape index (κ3) is 5.54. The lowest BCUT2D eigenvalue weighted by Gasteiger charge is -2.12. The zero-order valence-electron chi connectivity index (χ0n) is 12.6. The van der Waals surface area contributed by atoms with Gasteiger partial charge in [0.15, 0.2) is 0 Å². The first-order valence-corrected chi connectivity index (χ1v) is 7.14. The van der Waals surface area contributed by atoms with E-state index in [0.29, 0.717) is 12.1 Å². The van der Waals surface area contributed by atoms with E-state index in [2.05, 4.69) is 15.6 Å². The summed E-state index contributed by atoms with van der Waals surface area (Å²) in [5.41, 5.74) is 2.70.